The molecule has 0 radical (unpaired) electrons. The molecule has 2 aromatic rings. The van der Waals surface area contributed by atoms with Crippen LogP contribution in [-0.4, -0.2) is 28.9 Å². The molecular weight excluding hydrogens is 332 g/mol. The van der Waals surface area contributed by atoms with Crippen LogP contribution in [-0.2, 0) is 16.1 Å². The molecule has 2 rings (SSSR count). The lowest BCUT2D eigenvalue weighted by atomic mass is 10.1. The largest absolute Gasteiger partial charge is 0.481 e. The number of carbonyl (C=O) groups is 3. The van der Waals surface area contributed by atoms with E-state index in [1.54, 1.807) is 24.3 Å². The van der Waals surface area contributed by atoms with E-state index < -0.39 is 23.8 Å². The van der Waals surface area contributed by atoms with Gasteiger partial charge in [-0.05, 0) is 31.0 Å². The van der Waals surface area contributed by atoms with E-state index in [9.17, 15) is 14.4 Å². The average molecular weight is 354 g/mol. The number of hydrogen-bond donors (Lipinski definition) is 3. The van der Waals surface area contributed by atoms with Crippen LogP contribution in [0.25, 0.3) is 0 Å². The number of hydrogen-bond acceptors (Lipinski definition) is 3. The van der Waals surface area contributed by atoms with E-state index in [-0.39, 0.29) is 12.8 Å². The molecule has 6 nitrogen and oxygen atoms in total. The zero-order chi connectivity index (χ0) is 18.9. The van der Waals surface area contributed by atoms with E-state index in [4.69, 9.17) is 5.11 Å². The minimum atomic E-state index is -1.02. The number of carbonyl (C=O) groups excluding carboxylic acids is 2. The highest BCUT2D eigenvalue weighted by Gasteiger charge is 2.22. The third kappa shape index (κ3) is 6.05. The number of carboxylic acids is 1. The normalized spacial score (nSPS) is 11.4. The van der Waals surface area contributed by atoms with Crippen molar-refractivity contribution >= 4 is 17.8 Å². The van der Waals surface area contributed by atoms with Crippen LogP contribution in [0.2, 0.25) is 0 Å². The summed E-state index contributed by atoms with van der Waals surface area (Å²) >= 11 is 0. The molecule has 1 atom stereocenters. The van der Waals surface area contributed by atoms with Crippen molar-refractivity contribution in [3.63, 3.8) is 0 Å². The van der Waals surface area contributed by atoms with E-state index in [2.05, 4.69) is 10.6 Å². The summed E-state index contributed by atoms with van der Waals surface area (Å²) in [4.78, 5) is 35.6. The summed E-state index contributed by atoms with van der Waals surface area (Å²) in [6.45, 7) is 2.22. The lowest BCUT2D eigenvalue weighted by molar-refractivity contribution is -0.137. The van der Waals surface area contributed by atoms with Crippen LogP contribution >= 0.6 is 0 Å². The molecule has 6 heteroatoms. The topological polar surface area (TPSA) is 95.5 Å². The molecule has 0 aliphatic heterocycles. The Morgan fingerprint density at radius 1 is 1.00 bits per heavy atom. The Morgan fingerprint density at radius 2 is 1.65 bits per heavy atom. The van der Waals surface area contributed by atoms with Crippen molar-refractivity contribution in [2.75, 3.05) is 0 Å². The van der Waals surface area contributed by atoms with E-state index in [0.29, 0.717) is 12.1 Å². The minimum absolute atomic E-state index is 0.0214. The molecule has 0 spiro atoms. The van der Waals surface area contributed by atoms with Crippen molar-refractivity contribution in [3.8, 4) is 0 Å². The Balaban J connectivity index is 2.01. The van der Waals surface area contributed by atoms with Gasteiger partial charge in [-0.3, -0.25) is 14.4 Å². The predicted molar refractivity (Wildman–Crippen MR) is 97.6 cm³/mol. The zero-order valence-electron chi connectivity index (χ0n) is 14.6. The van der Waals surface area contributed by atoms with Crippen LogP contribution in [0.5, 0.6) is 0 Å². The fraction of sp³-hybridized carbons (Fsp3) is 0.250. The Labute approximate surface area is 152 Å². The molecule has 26 heavy (non-hydrogen) atoms. The maximum atomic E-state index is 12.4. The van der Waals surface area contributed by atoms with E-state index in [0.717, 1.165) is 11.1 Å². The number of amides is 2. The smallest absolute Gasteiger partial charge is 0.303 e. The summed E-state index contributed by atoms with van der Waals surface area (Å²) in [6.07, 6.45) is -0.189. The number of carboxylic acid groups (broad SMARTS) is 1. The third-order valence-corrected chi connectivity index (χ3v) is 3.89. The molecule has 1 unspecified atom stereocenters. The van der Waals surface area contributed by atoms with Gasteiger partial charge in [0.1, 0.15) is 6.04 Å². The SMILES string of the molecule is Cc1ccc(C(=O)NC(CCC(=O)O)C(=O)NCc2ccccc2)cc1. The molecule has 136 valence electrons. The Hall–Kier alpha value is -3.15. The average Bonchev–Trinajstić information content (AvgIpc) is 2.64. The van der Waals surface area contributed by atoms with Crippen LogP contribution in [0.4, 0.5) is 0 Å². The molecule has 0 aromatic heterocycles. The first-order valence-electron chi connectivity index (χ1n) is 8.36. The van der Waals surface area contributed by atoms with Crippen molar-refractivity contribution in [2.24, 2.45) is 0 Å². The van der Waals surface area contributed by atoms with Gasteiger partial charge in [-0.2, -0.15) is 0 Å². The standard InChI is InChI=1S/C20H22N2O4/c1-14-7-9-16(10-8-14)19(25)22-17(11-12-18(23)24)20(26)21-13-15-5-3-2-4-6-15/h2-10,17H,11-13H2,1H3,(H,21,26)(H,22,25)(H,23,24). The van der Waals surface area contributed by atoms with Gasteiger partial charge in [-0.15, -0.1) is 0 Å². The number of rotatable bonds is 8. The summed E-state index contributed by atoms with van der Waals surface area (Å²) in [7, 11) is 0. The first kappa shape index (κ1) is 19.2. The first-order chi connectivity index (χ1) is 12.5. The van der Waals surface area contributed by atoms with E-state index in [1.165, 1.54) is 0 Å². The Kier molecular flexibility index (Phi) is 6.91. The summed E-state index contributed by atoms with van der Waals surface area (Å²) in [6, 6.07) is 15.4. The van der Waals surface area contributed by atoms with Crippen LogP contribution in [0, 0.1) is 6.92 Å². The number of aryl methyl sites for hydroxylation is 1. The molecule has 0 aliphatic carbocycles. The highest BCUT2D eigenvalue weighted by molar-refractivity contribution is 5.97. The van der Waals surface area contributed by atoms with Crippen molar-refractivity contribution in [1.29, 1.82) is 0 Å². The highest BCUT2D eigenvalue weighted by Crippen LogP contribution is 2.06. The molecule has 3 N–H and O–H groups in total. The van der Waals surface area contributed by atoms with Gasteiger partial charge in [0.05, 0.1) is 0 Å². The molecular formula is C20H22N2O4. The van der Waals surface area contributed by atoms with Crippen LogP contribution in [0.3, 0.4) is 0 Å². The Morgan fingerprint density at radius 3 is 2.27 bits per heavy atom. The molecule has 2 aromatic carbocycles. The van der Waals surface area contributed by atoms with Crippen LogP contribution < -0.4 is 10.6 Å². The molecule has 0 saturated heterocycles. The van der Waals surface area contributed by atoms with Crippen LogP contribution in [0.15, 0.2) is 54.6 Å². The van der Waals surface area contributed by atoms with Gasteiger partial charge in [0.15, 0.2) is 0 Å². The maximum Gasteiger partial charge on any atom is 0.303 e. The fourth-order valence-corrected chi connectivity index (χ4v) is 2.39. The van der Waals surface area contributed by atoms with E-state index in [1.807, 2.05) is 37.3 Å². The first-order valence-corrected chi connectivity index (χ1v) is 8.36. The molecule has 0 heterocycles. The fourth-order valence-electron chi connectivity index (χ4n) is 2.39. The predicted octanol–water partition coefficient (Wildman–Crippen LogP) is 2.27. The summed E-state index contributed by atoms with van der Waals surface area (Å²) in [5.74, 6) is -1.83. The molecule has 0 saturated carbocycles. The van der Waals surface area contributed by atoms with Crippen LogP contribution in [0.1, 0.15) is 34.3 Å². The Bertz CT molecular complexity index is 757. The van der Waals surface area contributed by atoms with Crippen molar-refractivity contribution in [2.45, 2.75) is 32.4 Å². The number of nitrogens with one attached hydrogen (secondary N) is 2. The second-order valence-corrected chi connectivity index (χ2v) is 6.03. The molecule has 0 fully saturated rings. The monoisotopic (exact) mass is 354 g/mol. The second-order valence-electron chi connectivity index (χ2n) is 6.03. The van der Waals surface area contributed by atoms with E-state index >= 15 is 0 Å². The molecule has 0 aliphatic rings. The van der Waals surface area contributed by atoms with Gasteiger partial charge in [-0.25, -0.2) is 0 Å². The minimum Gasteiger partial charge on any atom is -0.481 e. The van der Waals surface area contributed by atoms with Crippen molar-refractivity contribution < 1.29 is 19.5 Å². The lowest BCUT2D eigenvalue weighted by Crippen LogP contribution is -2.46. The van der Waals surface area contributed by atoms with Gasteiger partial charge in [0, 0.05) is 18.5 Å². The number of benzene rings is 2. The van der Waals surface area contributed by atoms with Gasteiger partial charge < -0.3 is 15.7 Å². The maximum absolute atomic E-state index is 12.4. The van der Waals surface area contributed by atoms with Crippen molar-refractivity contribution in [1.82, 2.24) is 10.6 Å². The van der Waals surface area contributed by atoms with Crippen molar-refractivity contribution in [3.05, 3.63) is 71.3 Å². The van der Waals surface area contributed by atoms with Gasteiger partial charge in [0.2, 0.25) is 5.91 Å². The van der Waals surface area contributed by atoms with Gasteiger partial charge in [-0.1, -0.05) is 48.0 Å². The molecule has 0 bridgehead atoms. The lowest BCUT2D eigenvalue weighted by Gasteiger charge is -2.18. The second kappa shape index (κ2) is 9.36. The number of aliphatic carboxylic acids is 1. The van der Waals surface area contributed by atoms with Gasteiger partial charge in [0.25, 0.3) is 5.91 Å². The zero-order valence-corrected chi connectivity index (χ0v) is 14.6. The summed E-state index contributed by atoms with van der Waals surface area (Å²) in [5.41, 5.74) is 2.36. The quantitative estimate of drug-likeness (QED) is 0.678. The highest BCUT2D eigenvalue weighted by atomic mass is 16.4. The molecule has 2 amide bonds. The summed E-state index contributed by atoms with van der Waals surface area (Å²) < 4.78 is 0. The third-order valence-electron chi connectivity index (χ3n) is 3.89. The summed E-state index contributed by atoms with van der Waals surface area (Å²) in [5, 5.41) is 14.3. The van der Waals surface area contributed by atoms with Gasteiger partial charge >= 0.3 is 5.97 Å².